The Balaban J connectivity index is 1.87. The molecule has 0 saturated carbocycles. The molecule has 0 spiro atoms. The number of benzene rings is 1. The number of nitrogens with one attached hydrogen (secondary N) is 1. The summed E-state index contributed by atoms with van der Waals surface area (Å²) in [5.74, 6) is 0.835. The van der Waals surface area contributed by atoms with E-state index in [0.29, 0.717) is 6.04 Å². The molecule has 1 aliphatic rings. The fraction of sp³-hybridized carbons (Fsp3) is 0.533. The molecular formula is C15H22N2O2. The number of carbonyl (C=O) groups is 1. The minimum absolute atomic E-state index is 0.0869. The number of hydrogen-bond acceptors (Lipinski definition) is 3. The summed E-state index contributed by atoms with van der Waals surface area (Å²) in [5.41, 5.74) is 0. The van der Waals surface area contributed by atoms with Crippen LogP contribution in [0.2, 0.25) is 0 Å². The van der Waals surface area contributed by atoms with Gasteiger partial charge in [-0.1, -0.05) is 18.2 Å². The monoisotopic (exact) mass is 262 g/mol. The van der Waals surface area contributed by atoms with Crippen LogP contribution in [0.25, 0.3) is 0 Å². The van der Waals surface area contributed by atoms with Crippen LogP contribution >= 0.6 is 0 Å². The maximum atomic E-state index is 12.2. The third kappa shape index (κ3) is 3.96. The van der Waals surface area contributed by atoms with Crippen LogP contribution in [0.15, 0.2) is 30.3 Å². The van der Waals surface area contributed by atoms with E-state index in [2.05, 4.69) is 5.32 Å². The number of amides is 1. The van der Waals surface area contributed by atoms with E-state index in [1.807, 2.05) is 42.3 Å². The van der Waals surface area contributed by atoms with Crippen molar-refractivity contribution in [2.24, 2.45) is 0 Å². The molecule has 4 heteroatoms. The number of likely N-dealkylation sites (tertiary alicyclic amines) is 1. The summed E-state index contributed by atoms with van der Waals surface area (Å²) in [7, 11) is 1.93. The highest BCUT2D eigenvalue weighted by molar-refractivity contribution is 5.78. The molecule has 2 rings (SSSR count). The summed E-state index contributed by atoms with van der Waals surface area (Å²) in [4.78, 5) is 14.2. The SMILES string of the molecule is CNCC1CCCCN1C(=O)COc1ccccc1. The number of piperidine rings is 1. The van der Waals surface area contributed by atoms with E-state index in [1.54, 1.807) is 0 Å². The quantitative estimate of drug-likeness (QED) is 0.877. The first-order valence-electron chi connectivity index (χ1n) is 6.93. The molecule has 1 aromatic carbocycles. The van der Waals surface area contributed by atoms with Crippen LogP contribution in [0.1, 0.15) is 19.3 Å². The summed E-state index contributed by atoms with van der Waals surface area (Å²) < 4.78 is 5.54. The maximum absolute atomic E-state index is 12.2. The Morgan fingerprint density at radius 1 is 1.37 bits per heavy atom. The highest BCUT2D eigenvalue weighted by atomic mass is 16.5. The van der Waals surface area contributed by atoms with Gasteiger partial charge in [-0.05, 0) is 38.4 Å². The van der Waals surface area contributed by atoms with Crippen molar-refractivity contribution in [2.75, 3.05) is 26.7 Å². The van der Waals surface area contributed by atoms with Crippen molar-refractivity contribution in [1.29, 1.82) is 0 Å². The number of nitrogens with zero attached hydrogens (tertiary/aromatic N) is 1. The zero-order valence-electron chi connectivity index (χ0n) is 11.5. The predicted octanol–water partition coefficient (Wildman–Crippen LogP) is 1.67. The Kier molecular flexibility index (Phi) is 5.21. The zero-order chi connectivity index (χ0) is 13.5. The Bertz CT molecular complexity index is 392. The Hall–Kier alpha value is -1.55. The van der Waals surface area contributed by atoms with Crippen molar-refractivity contribution in [3.63, 3.8) is 0 Å². The van der Waals surface area contributed by atoms with E-state index in [0.717, 1.165) is 31.7 Å². The third-order valence-electron chi connectivity index (χ3n) is 3.49. The molecule has 1 amide bonds. The molecule has 1 fully saturated rings. The van der Waals surface area contributed by atoms with Crippen LogP contribution < -0.4 is 10.1 Å². The summed E-state index contributed by atoms with van der Waals surface area (Å²) in [6.45, 7) is 1.84. The summed E-state index contributed by atoms with van der Waals surface area (Å²) in [5, 5.41) is 3.16. The second kappa shape index (κ2) is 7.14. The average molecular weight is 262 g/mol. The van der Waals surface area contributed by atoms with Crippen molar-refractivity contribution >= 4 is 5.91 Å². The largest absolute Gasteiger partial charge is 0.484 e. The lowest BCUT2D eigenvalue weighted by Crippen LogP contribution is -2.49. The number of hydrogen-bond donors (Lipinski definition) is 1. The van der Waals surface area contributed by atoms with E-state index in [-0.39, 0.29) is 12.5 Å². The molecule has 1 aromatic rings. The highest BCUT2D eigenvalue weighted by Crippen LogP contribution is 2.17. The smallest absolute Gasteiger partial charge is 0.260 e. The van der Waals surface area contributed by atoms with Gasteiger partial charge in [-0.3, -0.25) is 4.79 Å². The molecule has 1 aliphatic heterocycles. The molecule has 0 radical (unpaired) electrons. The van der Waals surface area contributed by atoms with Crippen molar-refractivity contribution in [3.05, 3.63) is 30.3 Å². The van der Waals surface area contributed by atoms with E-state index in [1.165, 1.54) is 6.42 Å². The first-order chi connectivity index (χ1) is 9.31. The first-order valence-corrected chi connectivity index (χ1v) is 6.93. The second-order valence-corrected chi connectivity index (χ2v) is 4.90. The molecule has 1 heterocycles. The standard InChI is InChI=1S/C15H22N2O2/c1-16-11-13-7-5-6-10-17(13)15(18)12-19-14-8-3-2-4-9-14/h2-4,8-9,13,16H,5-7,10-12H2,1H3. The van der Waals surface area contributed by atoms with E-state index in [4.69, 9.17) is 4.74 Å². The van der Waals surface area contributed by atoms with Gasteiger partial charge in [0, 0.05) is 19.1 Å². The second-order valence-electron chi connectivity index (χ2n) is 4.90. The molecule has 0 bridgehead atoms. The topological polar surface area (TPSA) is 41.6 Å². The molecule has 0 aromatic heterocycles. The fourth-order valence-corrected chi connectivity index (χ4v) is 2.52. The fourth-order valence-electron chi connectivity index (χ4n) is 2.52. The van der Waals surface area contributed by atoms with Crippen LogP contribution in [-0.2, 0) is 4.79 Å². The lowest BCUT2D eigenvalue weighted by molar-refractivity contribution is -0.136. The van der Waals surface area contributed by atoms with E-state index in [9.17, 15) is 4.79 Å². The summed E-state index contributed by atoms with van der Waals surface area (Å²) >= 11 is 0. The van der Waals surface area contributed by atoms with Crippen LogP contribution in [0.5, 0.6) is 5.75 Å². The normalized spacial score (nSPS) is 19.2. The maximum Gasteiger partial charge on any atom is 0.260 e. The average Bonchev–Trinajstić information content (AvgIpc) is 2.47. The highest BCUT2D eigenvalue weighted by Gasteiger charge is 2.26. The van der Waals surface area contributed by atoms with Gasteiger partial charge in [0.1, 0.15) is 5.75 Å². The number of likely N-dealkylation sites (N-methyl/N-ethyl adjacent to an activating group) is 1. The number of ether oxygens (including phenoxy) is 1. The lowest BCUT2D eigenvalue weighted by Gasteiger charge is -2.35. The van der Waals surface area contributed by atoms with Crippen LogP contribution in [0, 0.1) is 0 Å². The minimum atomic E-state index is 0.0869. The predicted molar refractivity (Wildman–Crippen MR) is 75.2 cm³/mol. The van der Waals surface area contributed by atoms with Crippen LogP contribution in [-0.4, -0.2) is 43.6 Å². The molecule has 4 nitrogen and oxygen atoms in total. The van der Waals surface area contributed by atoms with Crippen molar-refractivity contribution < 1.29 is 9.53 Å². The van der Waals surface area contributed by atoms with Crippen LogP contribution in [0.3, 0.4) is 0 Å². The Labute approximate surface area is 114 Å². The molecule has 1 N–H and O–H groups in total. The van der Waals surface area contributed by atoms with Crippen molar-refractivity contribution in [2.45, 2.75) is 25.3 Å². The molecular weight excluding hydrogens is 240 g/mol. The molecule has 104 valence electrons. The number of rotatable bonds is 5. The molecule has 1 atom stereocenters. The first kappa shape index (κ1) is 13.9. The van der Waals surface area contributed by atoms with Gasteiger partial charge in [0.15, 0.2) is 6.61 Å². The van der Waals surface area contributed by atoms with Gasteiger partial charge in [0.25, 0.3) is 5.91 Å². The van der Waals surface area contributed by atoms with Gasteiger partial charge in [0.2, 0.25) is 0 Å². The third-order valence-corrected chi connectivity index (χ3v) is 3.49. The Morgan fingerprint density at radius 2 is 2.16 bits per heavy atom. The lowest BCUT2D eigenvalue weighted by atomic mass is 10.0. The van der Waals surface area contributed by atoms with Gasteiger partial charge in [-0.25, -0.2) is 0 Å². The molecule has 1 saturated heterocycles. The van der Waals surface area contributed by atoms with Gasteiger partial charge >= 0.3 is 0 Å². The van der Waals surface area contributed by atoms with Gasteiger partial charge in [-0.15, -0.1) is 0 Å². The van der Waals surface area contributed by atoms with Gasteiger partial charge in [-0.2, -0.15) is 0 Å². The molecule has 1 unspecified atom stereocenters. The van der Waals surface area contributed by atoms with Crippen molar-refractivity contribution in [3.8, 4) is 5.75 Å². The van der Waals surface area contributed by atoms with E-state index >= 15 is 0 Å². The number of para-hydroxylation sites is 1. The zero-order valence-corrected chi connectivity index (χ0v) is 11.5. The molecule has 19 heavy (non-hydrogen) atoms. The number of carbonyl (C=O) groups excluding carboxylic acids is 1. The minimum Gasteiger partial charge on any atom is -0.484 e. The Morgan fingerprint density at radius 3 is 2.89 bits per heavy atom. The van der Waals surface area contributed by atoms with E-state index < -0.39 is 0 Å². The van der Waals surface area contributed by atoms with Crippen LogP contribution in [0.4, 0.5) is 0 Å². The molecule has 0 aliphatic carbocycles. The summed E-state index contributed by atoms with van der Waals surface area (Å²) in [6, 6.07) is 9.80. The van der Waals surface area contributed by atoms with Gasteiger partial charge < -0.3 is 15.0 Å². The van der Waals surface area contributed by atoms with Crippen molar-refractivity contribution in [1.82, 2.24) is 10.2 Å². The van der Waals surface area contributed by atoms with Gasteiger partial charge in [0.05, 0.1) is 0 Å². The summed E-state index contributed by atoms with van der Waals surface area (Å²) in [6.07, 6.45) is 3.38.